The summed E-state index contributed by atoms with van der Waals surface area (Å²) in [5, 5.41) is 0.719. The largest absolute Gasteiger partial charge is 0.416 e. The fourth-order valence-electron chi connectivity index (χ4n) is 2.68. The van der Waals surface area contributed by atoms with Crippen molar-refractivity contribution in [3.8, 4) is 0 Å². The first-order chi connectivity index (χ1) is 11.4. The van der Waals surface area contributed by atoms with Crippen LogP contribution in [0.1, 0.15) is 22.4 Å². The Morgan fingerprint density at radius 3 is 2.75 bits per heavy atom. The summed E-state index contributed by atoms with van der Waals surface area (Å²) in [6.45, 7) is 1.50. The van der Waals surface area contributed by atoms with Gasteiger partial charge in [0.2, 0.25) is 0 Å². The number of rotatable bonds is 3. The highest BCUT2D eigenvalue weighted by atomic mass is 32.2. The molecule has 0 bridgehead atoms. The number of fused-ring (bicyclic) bond motifs is 1. The molecule has 24 heavy (non-hydrogen) atoms. The van der Waals surface area contributed by atoms with Crippen molar-refractivity contribution in [2.75, 3.05) is 12.8 Å². The van der Waals surface area contributed by atoms with Crippen molar-refractivity contribution in [2.45, 2.75) is 30.8 Å². The van der Waals surface area contributed by atoms with E-state index in [4.69, 9.17) is 0 Å². The second-order valence-corrected chi connectivity index (χ2v) is 6.37. The summed E-state index contributed by atoms with van der Waals surface area (Å²) in [5.41, 5.74) is 1.25. The summed E-state index contributed by atoms with van der Waals surface area (Å²) >= 11 is 1.47. The van der Waals surface area contributed by atoms with E-state index in [9.17, 15) is 17.6 Å². The van der Waals surface area contributed by atoms with Gasteiger partial charge in [-0.1, -0.05) is 17.8 Å². The van der Waals surface area contributed by atoms with Crippen LogP contribution in [0.15, 0.2) is 29.6 Å². The molecule has 0 saturated carbocycles. The highest BCUT2D eigenvalue weighted by Gasteiger charge is 2.31. The van der Waals surface area contributed by atoms with Gasteiger partial charge in [-0.2, -0.15) is 13.2 Å². The van der Waals surface area contributed by atoms with Crippen LogP contribution in [0, 0.1) is 5.82 Å². The molecule has 0 saturated heterocycles. The first kappa shape index (κ1) is 17.2. The highest BCUT2D eigenvalue weighted by molar-refractivity contribution is 7.98. The summed E-state index contributed by atoms with van der Waals surface area (Å²) in [6, 6.07) is 2.69. The average molecular weight is 357 g/mol. The van der Waals surface area contributed by atoms with Crippen LogP contribution < -0.4 is 0 Å². The van der Waals surface area contributed by atoms with Crippen LogP contribution >= 0.6 is 11.8 Å². The molecule has 0 N–H and O–H groups in total. The van der Waals surface area contributed by atoms with E-state index in [2.05, 4.69) is 9.97 Å². The zero-order valence-corrected chi connectivity index (χ0v) is 13.7. The molecule has 2 aromatic rings. The maximum absolute atomic E-state index is 14.0. The van der Waals surface area contributed by atoms with Crippen molar-refractivity contribution in [3.05, 3.63) is 52.6 Å². The molecule has 0 amide bonds. The first-order valence-electron chi connectivity index (χ1n) is 7.33. The summed E-state index contributed by atoms with van der Waals surface area (Å²) in [6.07, 6.45) is -0.142. The number of thioether (sulfide) groups is 1. The Hall–Kier alpha value is -1.67. The molecule has 3 rings (SSSR count). The lowest BCUT2D eigenvalue weighted by Gasteiger charge is -2.28. The Kier molecular flexibility index (Phi) is 4.78. The minimum atomic E-state index is -4.53. The molecule has 0 atom stereocenters. The van der Waals surface area contributed by atoms with E-state index in [0.717, 1.165) is 22.5 Å². The lowest BCUT2D eigenvalue weighted by molar-refractivity contribution is -0.137. The predicted molar refractivity (Wildman–Crippen MR) is 83.0 cm³/mol. The first-order valence-corrected chi connectivity index (χ1v) is 8.56. The van der Waals surface area contributed by atoms with Gasteiger partial charge < -0.3 is 0 Å². The molecule has 1 aromatic carbocycles. The highest BCUT2D eigenvalue weighted by Crippen LogP contribution is 2.30. The lowest BCUT2D eigenvalue weighted by Crippen LogP contribution is -2.31. The summed E-state index contributed by atoms with van der Waals surface area (Å²) in [7, 11) is 0. The number of hydrogen-bond donors (Lipinski definition) is 0. The van der Waals surface area contributed by atoms with Crippen molar-refractivity contribution in [1.82, 2.24) is 14.9 Å². The molecule has 0 unspecified atom stereocenters. The van der Waals surface area contributed by atoms with Crippen LogP contribution in [0.4, 0.5) is 17.6 Å². The summed E-state index contributed by atoms with van der Waals surface area (Å²) < 4.78 is 51.8. The van der Waals surface area contributed by atoms with Crippen LogP contribution in [0.2, 0.25) is 0 Å². The van der Waals surface area contributed by atoms with Gasteiger partial charge in [0.1, 0.15) is 5.82 Å². The predicted octanol–water partition coefficient (Wildman–Crippen LogP) is 3.91. The van der Waals surface area contributed by atoms with E-state index in [1.54, 1.807) is 6.20 Å². The maximum Gasteiger partial charge on any atom is 0.416 e. The Morgan fingerprint density at radius 2 is 2.08 bits per heavy atom. The molecule has 0 fully saturated rings. The van der Waals surface area contributed by atoms with Crippen LogP contribution in [-0.2, 0) is 25.7 Å². The third kappa shape index (κ3) is 3.70. The average Bonchev–Trinajstić information content (AvgIpc) is 2.55. The minimum absolute atomic E-state index is 0.258. The van der Waals surface area contributed by atoms with Crippen molar-refractivity contribution >= 4 is 11.8 Å². The van der Waals surface area contributed by atoms with Crippen LogP contribution in [0.25, 0.3) is 0 Å². The molecule has 1 aliphatic rings. The SMILES string of the molecule is CSc1ncc2c(n1)CCN(Cc1ccc(C(F)(F)F)cc1F)C2. The number of nitrogens with zero attached hydrogens (tertiary/aromatic N) is 3. The van der Waals surface area contributed by atoms with Gasteiger partial charge in [-0.25, -0.2) is 14.4 Å². The number of halogens is 4. The van der Waals surface area contributed by atoms with Crippen LogP contribution in [0.5, 0.6) is 0 Å². The number of hydrogen-bond acceptors (Lipinski definition) is 4. The monoisotopic (exact) mass is 357 g/mol. The molecule has 2 heterocycles. The van der Waals surface area contributed by atoms with E-state index in [1.807, 2.05) is 11.2 Å². The van der Waals surface area contributed by atoms with Gasteiger partial charge >= 0.3 is 6.18 Å². The molecule has 1 aromatic heterocycles. The number of aromatic nitrogens is 2. The number of benzene rings is 1. The fraction of sp³-hybridized carbons (Fsp3) is 0.375. The van der Waals surface area contributed by atoms with Crippen LogP contribution in [-0.4, -0.2) is 27.7 Å². The molecule has 0 aliphatic carbocycles. The van der Waals surface area contributed by atoms with Crippen molar-refractivity contribution in [2.24, 2.45) is 0 Å². The van der Waals surface area contributed by atoms with Crippen molar-refractivity contribution < 1.29 is 17.6 Å². The van der Waals surface area contributed by atoms with Gasteiger partial charge in [0.25, 0.3) is 0 Å². The standard InChI is InChI=1S/C16H15F4N3S/c1-24-15-21-7-11-9-23(5-4-14(11)22-15)8-10-2-3-12(6-13(10)17)16(18,19)20/h2-3,6-7H,4-5,8-9H2,1H3. The quantitative estimate of drug-likeness (QED) is 0.473. The summed E-state index contributed by atoms with van der Waals surface area (Å²) in [5.74, 6) is -0.829. The fourth-order valence-corrected chi connectivity index (χ4v) is 3.04. The molecule has 8 heteroatoms. The van der Waals surface area contributed by atoms with Gasteiger partial charge in [0.15, 0.2) is 5.16 Å². The molecular formula is C16H15F4N3S. The molecule has 0 radical (unpaired) electrons. The summed E-state index contributed by atoms with van der Waals surface area (Å²) in [4.78, 5) is 10.7. The van der Waals surface area contributed by atoms with Gasteiger partial charge in [0.05, 0.1) is 11.3 Å². The number of alkyl halides is 3. The van der Waals surface area contributed by atoms with E-state index < -0.39 is 17.6 Å². The third-order valence-electron chi connectivity index (χ3n) is 3.95. The van der Waals surface area contributed by atoms with Gasteiger partial charge in [-0.15, -0.1) is 0 Å². The van der Waals surface area contributed by atoms with Gasteiger partial charge in [0, 0.05) is 43.4 Å². The van der Waals surface area contributed by atoms with E-state index in [0.29, 0.717) is 25.6 Å². The molecule has 128 valence electrons. The van der Waals surface area contributed by atoms with Crippen LogP contribution in [0.3, 0.4) is 0 Å². The molecule has 0 spiro atoms. The van der Waals surface area contributed by atoms with Gasteiger partial charge in [-0.05, 0) is 18.4 Å². The Balaban J connectivity index is 1.73. The Labute approximate surface area is 141 Å². The van der Waals surface area contributed by atoms with E-state index in [-0.39, 0.29) is 12.1 Å². The maximum atomic E-state index is 14.0. The Morgan fingerprint density at radius 1 is 1.29 bits per heavy atom. The second kappa shape index (κ2) is 6.68. The van der Waals surface area contributed by atoms with Crippen molar-refractivity contribution in [3.63, 3.8) is 0 Å². The van der Waals surface area contributed by atoms with Gasteiger partial charge in [-0.3, -0.25) is 4.90 Å². The third-order valence-corrected chi connectivity index (χ3v) is 4.51. The lowest BCUT2D eigenvalue weighted by atomic mass is 10.1. The molecule has 3 nitrogen and oxygen atoms in total. The normalized spacial score (nSPS) is 15.4. The Bertz CT molecular complexity index is 749. The molecule has 1 aliphatic heterocycles. The zero-order valence-electron chi connectivity index (χ0n) is 12.9. The van der Waals surface area contributed by atoms with E-state index >= 15 is 0 Å². The zero-order chi connectivity index (χ0) is 17.3. The smallest absolute Gasteiger partial charge is 0.294 e. The topological polar surface area (TPSA) is 29.0 Å². The molecular weight excluding hydrogens is 342 g/mol. The van der Waals surface area contributed by atoms with Crippen molar-refractivity contribution in [1.29, 1.82) is 0 Å². The minimum Gasteiger partial charge on any atom is -0.294 e. The second-order valence-electron chi connectivity index (χ2n) is 5.59. The van der Waals surface area contributed by atoms with E-state index in [1.165, 1.54) is 17.8 Å².